The van der Waals surface area contributed by atoms with Crippen LogP contribution >= 0.6 is 0 Å². The summed E-state index contributed by atoms with van der Waals surface area (Å²) < 4.78 is 5.81. The van der Waals surface area contributed by atoms with Gasteiger partial charge < -0.3 is 14.9 Å². The highest BCUT2D eigenvalue weighted by molar-refractivity contribution is 6.14. The number of phenols is 1. The van der Waals surface area contributed by atoms with Gasteiger partial charge in [-0.25, -0.2) is 0 Å². The third-order valence-electron chi connectivity index (χ3n) is 3.82. The minimum Gasteiger partial charge on any atom is -0.515 e. The van der Waals surface area contributed by atoms with Crippen LogP contribution in [0.4, 0.5) is 0 Å². The van der Waals surface area contributed by atoms with Gasteiger partial charge in [-0.2, -0.15) is 0 Å². The number of hydrogen-bond donors (Lipinski definition) is 2. The number of carbonyl (C=O) groups excluding carboxylic acids is 1. The lowest BCUT2D eigenvalue weighted by atomic mass is 9.86. The highest BCUT2D eigenvalue weighted by atomic mass is 16.5. The summed E-state index contributed by atoms with van der Waals surface area (Å²) in [5, 5.41) is 19.4. The quantitative estimate of drug-likeness (QED) is 0.501. The van der Waals surface area contributed by atoms with E-state index in [1.807, 2.05) is 6.07 Å². The maximum absolute atomic E-state index is 12.4. The van der Waals surface area contributed by atoms with Gasteiger partial charge in [-0.3, -0.25) is 4.79 Å². The van der Waals surface area contributed by atoms with Crippen molar-refractivity contribution >= 4 is 5.78 Å². The molecule has 1 heterocycles. The fourth-order valence-corrected chi connectivity index (χ4v) is 2.64. The first-order valence-corrected chi connectivity index (χ1v) is 7.35. The SMILES string of the molecule is CCCCCc1cc(O)c2c(c1)OC(C)(C)C(=CO)C2=O. The number of rotatable bonds is 4. The van der Waals surface area contributed by atoms with Crippen LogP contribution in [0.3, 0.4) is 0 Å². The van der Waals surface area contributed by atoms with Crippen LogP contribution in [0.1, 0.15) is 56.0 Å². The molecule has 0 spiro atoms. The Bertz CT molecular complexity index is 585. The molecule has 1 aromatic rings. The zero-order valence-electron chi connectivity index (χ0n) is 12.8. The number of ether oxygens (including phenoxy) is 1. The Morgan fingerprint density at radius 3 is 2.62 bits per heavy atom. The summed E-state index contributed by atoms with van der Waals surface area (Å²) >= 11 is 0. The smallest absolute Gasteiger partial charge is 0.203 e. The van der Waals surface area contributed by atoms with E-state index in [4.69, 9.17) is 4.74 Å². The van der Waals surface area contributed by atoms with Crippen LogP contribution in [0.15, 0.2) is 24.0 Å². The summed E-state index contributed by atoms with van der Waals surface area (Å²) in [6, 6.07) is 3.43. The zero-order valence-corrected chi connectivity index (χ0v) is 12.8. The molecular weight excluding hydrogens is 268 g/mol. The highest BCUT2D eigenvalue weighted by Gasteiger charge is 2.40. The van der Waals surface area contributed by atoms with E-state index < -0.39 is 5.60 Å². The lowest BCUT2D eigenvalue weighted by Crippen LogP contribution is -2.39. The fraction of sp³-hybridized carbons (Fsp3) is 0.471. The van der Waals surface area contributed by atoms with Crippen LogP contribution in [-0.4, -0.2) is 21.6 Å². The molecule has 0 amide bonds. The fourth-order valence-electron chi connectivity index (χ4n) is 2.64. The number of aliphatic hydroxyl groups excluding tert-OH is 1. The molecule has 0 aromatic heterocycles. The second kappa shape index (κ2) is 5.80. The average Bonchev–Trinajstić information content (AvgIpc) is 2.37. The standard InChI is InChI=1S/C17H22O4/c1-4-5-6-7-11-8-13(19)15-14(9-11)21-17(2,3)12(10-18)16(15)20/h8-10,18-19H,4-7H2,1-3H3. The molecule has 1 aliphatic heterocycles. The van der Waals surface area contributed by atoms with E-state index in [9.17, 15) is 15.0 Å². The lowest BCUT2D eigenvalue weighted by Gasteiger charge is -2.33. The second-order valence-electron chi connectivity index (χ2n) is 5.93. The number of aryl methyl sites for hydroxylation is 1. The Balaban J connectivity index is 2.40. The van der Waals surface area contributed by atoms with Gasteiger partial charge in [-0.05, 0) is 44.4 Å². The van der Waals surface area contributed by atoms with Gasteiger partial charge in [0, 0.05) is 0 Å². The third-order valence-corrected chi connectivity index (χ3v) is 3.82. The molecular formula is C17H22O4. The van der Waals surface area contributed by atoms with Gasteiger partial charge in [0.1, 0.15) is 22.7 Å². The molecule has 0 saturated heterocycles. The second-order valence-corrected chi connectivity index (χ2v) is 5.93. The largest absolute Gasteiger partial charge is 0.515 e. The lowest BCUT2D eigenvalue weighted by molar-refractivity contribution is 0.0838. The first kappa shape index (κ1) is 15.4. The van der Waals surface area contributed by atoms with E-state index >= 15 is 0 Å². The topological polar surface area (TPSA) is 66.8 Å². The molecule has 0 aliphatic carbocycles. The molecule has 0 fully saturated rings. The number of unbranched alkanes of at least 4 members (excludes halogenated alkanes) is 2. The number of Topliss-reactive ketones (excluding diaryl/α,β-unsaturated/α-hetero) is 1. The van der Waals surface area contributed by atoms with Crippen molar-refractivity contribution in [3.8, 4) is 11.5 Å². The Kier molecular flexibility index (Phi) is 4.26. The maximum atomic E-state index is 12.4. The van der Waals surface area contributed by atoms with Crippen LogP contribution < -0.4 is 4.74 Å². The molecule has 4 nitrogen and oxygen atoms in total. The molecule has 1 aromatic carbocycles. The van der Waals surface area contributed by atoms with Crippen molar-refractivity contribution in [3.63, 3.8) is 0 Å². The van der Waals surface area contributed by atoms with Crippen molar-refractivity contribution in [1.82, 2.24) is 0 Å². The number of hydrogen-bond acceptors (Lipinski definition) is 4. The van der Waals surface area contributed by atoms with E-state index in [0.717, 1.165) is 37.5 Å². The van der Waals surface area contributed by atoms with Crippen LogP contribution in [0.5, 0.6) is 11.5 Å². The number of ketones is 1. The molecule has 4 heteroatoms. The average molecular weight is 290 g/mol. The Hall–Kier alpha value is -1.97. The summed E-state index contributed by atoms with van der Waals surface area (Å²) in [5.41, 5.74) is 0.325. The number of aromatic hydroxyl groups is 1. The molecule has 114 valence electrons. The normalized spacial score (nSPS) is 18.4. The summed E-state index contributed by atoms with van der Waals surface area (Å²) in [6.45, 7) is 5.57. The van der Waals surface area contributed by atoms with Gasteiger partial charge in [0.25, 0.3) is 0 Å². The molecule has 0 unspecified atom stereocenters. The Morgan fingerprint density at radius 2 is 2.00 bits per heavy atom. The van der Waals surface area contributed by atoms with Crippen LogP contribution in [-0.2, 0) is 6.42 Å². The molecule has 0 radical (unpaired) electrons. The number of benzene rings is 1. The number of carbonyl (C=O) groups is 1. The minimum atomic E-state index is -0.909. The predicted octanol–water partition coefficient (Wildman–Crippen LogP) is 3.92. The highest BCUT2D eigenvalue weighted by Crippen LogP contribution is 2.41. The number of fused-ring (bicyclic) bond motifs is 1. The number of phenolic OH excluding ortho intramolecular Hbond substituents is 1. The first-order chi connectivity index (χ1) is 9.90. The van der Waals surface area contributed by atoms with Gasteiger partial charge in [0.2, 0.25) is 5.78 Å². The zero-order chi connectivity index (χ0) is 15.6. The van der Waals surface area contributed by atoms with Gasteiger partial charge in [0.05, 0.1) is 11.8 Å². The van der Waals surface area contributed by atoms with Crippen molar-refractivity contribution < 1.29 is 19.7 Å². The maximum Gasteiger partial charge on any atom is 0.203 e. The van der Waals surface area contributed by atoms with E-state index in [2.05, 4.69) is 6.92 Å². The molecule has 0 atom stereocenters. The predicted molar refractivity (Wildman–Crippen MR) is 81.1 cm³/mol. The third kappa shape index (κ3) is 2.89. The van der Waals surface area contributed by atoms with Gasteiger partial charge >= 0.3 is 0 Å². The van der Waals surface area contributed by atoms with Crippen molar-refractivity contribution in [2.24, 2.45) is 0 Å². The Morgan fingerprint density at radius 1 is 1.29 bits per heavy atom. The van der Waals surface area contributed by atoms with Crippen LogP contribution in [0.25, 0.3) is 0 Å². The van der Waals surface area contributed by atoms with Crippen LogP contribution in [0.2, 0.25) is 0 Å². The van der Waals surface area contributed by atoms with Gasteiger partial charge in [-0.1, -0.05) is 19.8 Å². The summed E-state index contributed by atoms with van der Waals surface area (Å²) in [7, 11) is 0. The summed E-state index contributed by atoms with van der Waals surface area (Å²) in [5.74, 6) is -0.0812. The molecule has 21 heavy (non-hydrogen) atoms. The van der Waals surface area contributed by atoms with Crippen molar-refractivity contribution in [3.05, 3.63) is 35.1 Å². The van der Waals surface area contributed by atoms with E-state index in [1.165, 1.54) is 0 Å². The monoisotopic (exact) mass is 290 g/mol. The molecule has 1 aliphatic rings. The number of aliphatic hydroxyl groups is 1. The molecule has 0 saturated carbocycles. The van der Waals surface area contributed by atoms with E-state index in [1.54, 1.807) is 19.9 Å². The molecule has 2 N–H and O–H groups in total. The minimum absolute atomic E-state index is 0.0844. The van der Waals surface area contributed by atoms with Crippen LogP contribution in [0, 0.1) is 0 Å². The van der Waals surface area contributed by atoms with E-state index in [0.29, 0.717) is 5.75 Å². The Labute approximate surface area is 125 Å². The first-order valence-electron chi connectivity index (χ1n) is 7.35. The molecule has 0 bridgehead atoms. The van der Waals surface area contributed by atoms with Gasteiger partial charge in [0.15, 0.2) is 0 Å². The molecule has 2 rings (SSSR count). The van der Waals surface area contributed by atoms with Crippen molar-refractivity contribution in [2.75, 3.05) is 0 Å². The van der Waals surface area contributed by atoms with Crippen molar-refractivity contribution in [2.45, 2.75) is 52.1 Å². The van der Waals surface area contributed by atoms with E-state index in [-0.39, 0.29) is 22.7 Å². The summed E-state index contributed by atoms with van der Waals surface area (Å²) in [6.07, 6.45) is 4.90. The van der Waals surface area contributed by atoms with Crippen molar-refractivity contribution in [1.29, 1.82) is 0 Å². The van der Waals surface area contributed by atoms with Gasteiger partial charge in [-0.15, -0.1) is 0 Å². The summed E-state index contributed by atoms with van der Waals surface area (Å²) in [4.78, 5) is 12.4.